The molecule has 0 unspecified atom stereocenters. The second-order valence-corrected chi connectivity index (χ2v) is 13.8. The van der Waals surface area contributed by atoms with Crippen LogP contribution in [0.1, 0.15) is 60.3 Å². The molecule has 3 aromatic rings. The zero-order valence-corrected chi connectivity index (χ0v) is 28.1. The summed E-state index contributed by atoms with van der Waals surface area (Å²) in [7, 11) is 1.71. The number of halogens is 3. The number of nitrogens with zero attached hydrogens (tertiary/aromatic N) is 1. The van der Waals surface area contributed by atoms with Crippen molar-refractivity contribution < 1.29 is 19.0 Å². The molecular formula is C36H41Cl3N2O4. The highest BCUT2D eigenvalue weighted by Gasteiger charge is 2.48. The molecule has 1 aliphatic carbocycles. The maximum atomic E-state index is 14.5. The van der Waals surface area contributed by atoms with Crippen LogP contribution < -0.4 is 14.8 Å². The van der Waals surface area contributed by atoms with E-state index in [-0.39, 0.29) is 29.8 Å². The Morgan fingerprint density at radius 2 is 1.62 bits per heavy atom. The summed E-state index contributed by atoms with van der Waals surface area (Å²) in [5, 5.41) is 5.45. The first-order valence-corrected chi connectivity index (χ1v) is 17.1. The normalized spacial score (nSPS) is 22.3. The fourth-order valence-corrected chi connectivity index (χ4v) is 7.83. The molecule has 2 saturated heterocycles. The van der Waals surface area contributed by atoms with Gasteiger partial charge in [0.1, 0.15) is 19.0 Å². The molecule has 1 N–H and O–H groups in total. The van der Waals surface area contributed by atoms with Gasteiger partial charge in [-0.2, -0.15) is 0 Å². The van der Waals surface area contributed by atoms with E-state index in [1.54, 1.807) is 7.11 Å². The molecule has 1 saturated carbocycles. The highest BCUT2D eigenvalue weighted by Crippen LogP contribution is 2.45. The molecular weight excluding hydrogens is 631 g/mol. The van der Waals surface area contributed by atoms with Crippen LogP contribution in [0, 0.1) is 12.8 Å². The van der Waals surface area contributed by atoms with Crippen LogP contribution in [0.3, 0.4) is 0 Å². The highest BCUT2D eigenvalue weighted by molar-refractivity contribution is 6.37. The number of ether oxygens (including phenoxy) is 3. The zero-order chi connectivity index (χ0) is 31.5. The minimum absolute atomic E-state index is 0.121. The van der Waals surface area contributed by atoms with Crippen LogP contribution in [0.25, 0.3) is 0 Å². The van der Waals surface area contributed by atoms with E-state index in [4.69, 9.17) is 49.0 Å². The zero-order valence-electron chi connectivity index (χ0n) is 25.9. The molecule has 4 atom stereocenters. The smallest absolute Gasteiger partial charge is 0.228 e. The number of hydrogen-bond acceptors (Lipinski definition) is 5. The van der Waals surface area contributed by atoms with Crippen molar-refractivity contribution in [2.45, 2.75) is 76.0 Å². The van der Waals surface area contributed by atoms with Crippen LogP contribution in [-0.4, -0.2) is 55.9 Å². The molecule has 0 radical (unpaired) electrons. The number of hydrogen-bond donors (Lipinski definition) is 1. The molecule has 9 heteroatoms. The lowest BCUT2D eigenvalue weighted by Crippen LogP contribution is -2.52. The van der Waals surface area contributed by atoms with E-state index in [9.17, 15) is 4.79 Å². The standard InChI is InChI=1S/C36H41Cl3N2O4/c1-22-17-31(38)35(32(39)18-22)45-16-15-44-28-9-4-24(5-10-28)29-20-26-6-12-33(40-26)34(29)36(42)41(27-7-8-27)21-25-19-23(13-14-43-2)3-11-30(25)37/h3-5,9-11,17-19,26-27,29,33-34,40H,6-8,12-16,20-21H2,1-2H3/t26-,29-,33-,34-/m1/s1. The lowest BCUT2D eigenvalue weighted by molar-refractivity contribution is -0.139. The van der Waals surface area contributed by atoms with E-state index < -0.39 is 0 Å². The van der Waals surface area contributed by atoms with Gasteiger partial charge in [0.25, 0.3) is 0 Å². The van der Waals surface area contributed by atoms with Gasteiger partial charge in [0.05, 0.1) is 22.6 Å². The van der Waals surface area contributed by atoms with Gasteiger partial charge < -0.3 is 24.4 Å². The Kier molecular flexibility index (Phi) is 10.5. The second-order valence-electron chi connectivity index (χ2n) is 12.6. The second kappa shape index (κ2) is 14.5. The SMILES string of the molecule is COCCc1ccc(Cl)c(CN(C(=O)[C@@H]2[C@@H](c3ccc(OCCOc4c(Cl)cc(C)cc4Cl)cc3)C[C@H]3CC[C@H]2N3)C2CC2)c1. The third-order valence-electron chi connectivity index (χ3n) is 9.33. The van der Waals surface area contributed by atoms with Gasteiger partial charge in [0.2, 0.25) is 5.91 Å². The third kappa shape index (κ3) is 7.74. The Labute approximate surface area is 281 Å². The number of rotatable bonds is 13. The molecule has 3 aliphatic rings. The first-order chi connectivity index (χ1) is 21.8. The number of nitrogens with one attached hydrogen (secondary N) is 1. The first kappa shape index (κ1) is 32.5. The van der Waals surface area contributed by atoms with Gasteiger partial charge in [-0.1, -0.05) is 59.1 Å². The van der Waals surface area contributed by atoms with E-state index in [1.165, 1.54) is 11.1 Å². The number of benzene rings is 3. The van der Waals surface area contributed by atoms with E-state index in [0.717, 1.165) is 55.4 Å². The van der Waals surface area contributed by atoms with Crippen molar-refractivity contribution in [3.63, 3.8) is 0 Å². The molecule has 45 heavy (non-hydrogen) atoms. The lowest BCUT2D eigenvalue weighted by Gasteiger charge is -2.40. The van der Waals surface area contributed by atoms with Crippen LogP contribution in [0.5, 0.6) is 11.5 Å². The van der Waals surface area contributed by atoms with Crippen LogP contribution >= 0.6 is 34.8 Å². The molecule has 0 spiro atoms. The molecule has 2 heterocycles. The van der Waals surface area contributed by atoms with Crippen molar-refractivity contribution >= 4 is 40.7 Å². The summed E-state index contributed by atoms with van der Waals surface area (Å²) in [6.07, 6.45) is 5.99. The number of carbonyl (C=O) groups excluding carboxylic acids is 1. The summed E-state index contributed by atoms with van der Waals surface area (Å²) < 4.78 is 17.1. The summed E-state index contributed by atoms with van der Waals surface area (Å²) in [4.78, 5) is 16.6. The van der Waals surface area contributed by atoms with Crippen LogP contribution in [0.15, 0.2) is 54.6 Å². The predicted molar refractivity (Wildman–Crippen MR) is 180 cm³/mol. The van der Waals surface area contributed by atoms with Gasteiger partial charge in [0.15, 0.2) is 5.75 Å². The summed E-state index contributed by atoms with van der Waals surface area (Å²) in [6.45, 7) is 3.79. The van der Waals surface area contributed by atoms with Crippen LogP contribution in [0.2, 0.25) is 15.1 Å². The third-order valence-corrected chi connectivity index (χ3v) is 10.3. The Morgan fingerprint density at radius 3 is 2.33 bits per heavy atom. The average Bonchev–Trinajstić information content (AvgIpc) is 3.80. The summed E-state index contributed by atoms with van der Waals surface area (Å²) >= 11 is 19.3. The number of carbonyl (C=O) groups is 1. The van der Waals surface area contributed by atoms with Crippen molar-refractivity contribution in [1.82, 2.24) is 10.2 Å². The first-order valence-electron chi connectivity index (χ1n) is 15.9. The van der Waals surface area contributed by atoms with Crippen LogP contribution in [-0.2, 0) is 22.5 Å². The highest BCUT2D eigenvalue weighted by atomic mass is 35.5. The molecule has 1 amide bonds. The van der Waals surface area contributed by atoms with Crippen molar-refractivity contribution in [2.75, 3.05) is 26.9 Å². The number of fused-ring (bicyclic) bond motifs is 2. The van der Waals surface area contributed by atoms with Crippen molar-refractivity contribution in [3.8, 4) is 11.5 Å². The maximum Gasteiger partial charge on any atom is 0.228 e. The monoisotopic (exact) mass is 670 g/mol. The van der Waals surface area contributed by atoms with Crippen molar-refractivity contribution in [2.24, 2.45) is 5.92 Å². The quantitative estimate of drug-likeness (QED) is 0.187. The van der Waals surface area contributed by atoms with E-state index in [1.807, 2.05) is 43.3 Å². The Bertz CT molecular complexity index is 1470. The molecule has 6 rings (SSSR count). The van der Waals surface area contributed by atoms with E-state index in [0.29, 0.717) is 53.2 Å². The van der Waals surface area contributed by atoms with Gasteiger partial charge in [-0.05, 0) is 104 Å². The minimum Gasteiger partial charge on any atom is -0.490 e. The summed E-state index contributed by atoms with van der Waals surface area (Å²) in [5.41, 5.74) is 4.34. The van der Waals surface area contributed by atoms with Crippen molar-refractivity contribution in [1.29, 1.82) is 0 Å². The number of aryl methyl sites for hydroxylation is 1. The number of piperidine rings is 1. The molecule has 3 fully saturated rings. The fourth-order valence-electron chi connectivity index (χ4n) is 6.95. The van der Waals surface area contributed by atoms with Gasteiger partial charge in [-0.15, -0.1) is 0 Å². The van der Waals surface area contributed by atoms with Crippen molar-refractivity contribution in [3.05, 3.63) is 91.9 Å². The topological polar surface area (TPSA) is 60.0 Å². The minimum atomic E-state index is -0.121. The van der Waals surface area contributed by atoms with E-state index in [2.05, 4.69) is 28.4 Å². The largest absolute Gasteiger partial charge is 0.490 e. The van der Waals surface area contributed by atoms with Crippen LogP contribution in [0.4, 0.5) is 0 Å². The average molecular weight is 672 g/mol. The molecule has 240 valence electrons. The van der Waals surface area contributed by atoms with Gasteiger partial charge in [-0.25, -0.2) is 0 Å². The number of methoxy groups -OCH3 is 1. The van der Waals surface area contributed by atoms with Gasteiger partial charge in [-0.3, -0.25) is 4.79 Å². The number of amides is 1. The Balaban J connectivity index is 1.13. The summed E-state index contributed by atoms with van der Waals surface area (Å²) in [5.74, 6) is 1.49. The molecule has 2 aliphatic heterocycles. The summed E-state index contributed by atoms with van der Waals surface area (Å²) in [6, 6.07) is 18.9. The molecule has 6 nitrogen and oxygen atoms in total. The fraction of sp³-hybridized carbons (Fsp3) is 0.472. The van der Waals surface area contributed by atoms with Gasteiger partial charge >= 0.3 is 0 Å². The Hall–Kier alpha value is -2.48. The van der Waals surface area contributed by atoms with Gasteiger partial charge in [0, 0.05) is 36.8 Å². The Morgan fingerprint density at radius 1 is 0.889 bits per heavy atom. The molecule has 3 aromatic carbocycles. The van der Waals surface area contributed by atoms with E-state index >= 15 is 0 Å². The molecule has 2 bridgehead atoms. The lowest BCUT2D eigenvalue weighted by atomic mass is 9.76. The predicted octanol–water partition coefficient (Wildman–Crippen LogP) is 8.02. The maximum absolute atomic E-state index is 14.5. The molecule has 0 aromatic heterocycles.